The number of piperidine rings is 1. The molecule has 2 fully saturated rings. The van der Waals surface area contributed by atoms with E-state index in [1.54, 1.807) is 12.1 Å². The van der Waals surface area contributed by atoms with E-state index in [2.05, 4.69) is 4.90 Å². The molecular formula is C41H40F4N4O2. The standard InChI is InChI=1S/C41H40F4N4O2/c42-34-16-12-31(13-17-34)28-49-36-9-5-4-8-35(36)46-38(49)37(50)32-18-22-47(23-19-32)24-20-40(26-29-10-14-33(15-11-29)41(43,44)45)21-25-48(39(40)51)27-30-6-2-1-3-7-30/h1-17,32H,18-28H2. The fourth-order valence-electron chi connectivity index (χ4n) is 7.70. The molecule has 1 amide bonds. The average Bonchev–Trinajstić information content (AvgIpc) is 3.65. The van der Waals surface area contributed by atoms with Gasteiger partial charge in [0, 0.05) is 25.6 Å². The normalized spacial score (nSPS) is 18.9. The second-order valence-corrected chi connectivity index (χ2v) is 14.0. The number of benzene rings is 4. The van der Waals surface area contributed by atoms with Crippen LogP contribution in [-0.2, 0) is 30.5 Å². The van der Waals surface area contributed by atoms with Crippen LogP contribution in [0.15, 0.2) is 103 Å². The summed E-state index contributed by atoms with van der Waals surface area (Å²) >= 11 is 0. The van der Waals surface area contributed by atoms with Crippen molar-refractivity contribution in [1.82, 2.24) is 19.4 Å². The Hall–Kier alpha value is -4.83. The molecule has 5 aromatic rings. The zero-order valence-electron chi connectivity index (χ0n) is 28.3. The molecule has 0 saturated carbocycles. The first kappa shape index (κ1) is 34.6. The number of ketones is 1. The zero-order chi connectivity index (χ0) is 35.6. The fourth-order valence-corrected chi connectivity index (χ4v) is 7.70. The van der Waals surface area contributed by atoms with Crippen LogP contribution in [0, 0.1) is 17.2 Å². The van der Waals surface area contributed by atoms with Gasteiger partial charge >= 0.3 is 6.18 Å². The van der Waals surface area contributed by atoms with Crippen molar-refractivity contribution < 1.29 is 27.2 Å². The number of imidazole rings is 1. The Kier molecular flexibility index (Phi) is 9.79. The number of amides is 1. The van der Waals surface area contributed by atoms with Crippen LogP contribution in [0.4, 0.5) is 17.6 Å². The maximum absolute atomic E-state index is 14.1. The number of halogens is 4. The zero-order valence-corrected chi connectivity index (χ0v) is 28.3. The highest BCUT2D eigenvalue weighted by molar-refractivity contribution is 5.98. The summed E-state index contributed by atoms with van der Waals surface area (Å²) in [7, 11) is 0. The third-order valence-corrected chi connectivity index (χ3v) is 10.6. The number of para-hydroxylation sites is 2. The van der Waals surface area contributed by atoms with Crippen molar-refractivity contribution in [2.24, 2.45) is 11.3 Å². The molecule has 51 heavy (non-hydrogen) atoms. The van der Waals surface area contributed by atoms with Gasteiger partial charge in [-0.15, -0.1) is 0 Å². The molecule has 2 aliphatic heterocycles. The molecule has 2 aliphatic rings. The molecular weight excluding hydrogens is 656 g/mol. The molecule has 4 aromatic carbocycles. The fraction of sp³-hybridized carbons (Fsp3) is 0.341. The van der Waals surface area contributed by atoms with E-state index in [1.165, 1.54) is 24.3 Å². The summed E-state index contributed by atoms with van der Waals surface area (Å²) in [6.45, 7) is 3.50. The van der Waals surface area contributed by atoms with Crippen LogP contribution in [-0.4, -0.2) is 57.2 Å². The highest BCUT2D eigenvalue weighted by Crippen LogP contribution is 2.41. The average molecular weight is 697 g/mol. The minimum absolute atomic E-state index is 0.00531. The highest BCUT2D eigenvalue weighted by Gasteiger charge is 2.46. The van der Waals surface area contributed by atoms with Crippen molar-refractivity contribution in [3.63, 3.8) is 0 Å². The van der Waals surface area contributed by atoms with Crippen molar-refractivity contribution in [2.45, 2.75) is 51.4 Å². The molecule has 1 aromatic heterocycles. The van der Waals surface area contributed by atoms with E-state index in [0.29, 0.717) is 82.8 Å². The van der Waals surface area contributed by atoms with Crippen LogP contribution < -0.4 is 0 Å². The van der Waals surface area contributed by atoms with Gasteiger partial charge in [0.15, 0.2) is 5.82 Å². The third kappa shape index (κ3) is 7.61. The number of fused-ring (bicyclic) bond motifs is 1. The second-order valence-electron chi connectivity index (χ2n) is 14.0. The van der Waals surface area contributed by atoms with Crippen LogP contribution in [0.1, 0.15) is 58.6 Å². The summed E-state index contributed by atoms with van der Waals surface area (Å²) < 4.78 is 55.4. The number of rotatable bonds is 11. The molecule has 0 N–H and O–H groups in total. The van der Waals surface area contributed by atoms with E-state index in [1.807, 2.05) is 64.1 Å². The monoisotopic (exact) mass is 696 g/mol. The topological polar surface area (TPSA) is 58.4 Å². The van der Waals surface area contributed by atoms with Gasteiger partial charge in [0.05, 0.1) is 22.0 Å². The van der Waals surface area contributed by atoms with Gasteiger partial charge in [0.25, 0.3) is 0 Å². The predicted molar refractivity (Wildman–Crippen MR) is 187 cm³/mol. The first-order valence-electron chi connectivity index (χ1n) is 17.5. The van der Waals surface area contributed by atoms with Crippen molar-refractivity contribution in [3.05, 3.63) is 137 Å². The first-order chi connectivity index (χ1) is 24.6. The number of likely N-dealkylation sites (tertiary alicyclic amines) is 2. The molecule has 1 atom stereocenters. The van der Waals surface area contributed by atoms with Gasteiger partial charge in [0.1, 0.15) is 5.82 Å². The number of aromatic nitrogens is 2. The highest BCUT2D eigenvalue weighted by atomic mass is 19.4. The smallest absolute Gasteiger partial charge is 0.338 e. The van der Waals surface area contributed by atoms with Crippen LogP contribution in [0.25, 0.3) is 11.0 Å². The number of hydrogen-bond donors (Lipinski definition) is 0. The molecule has 3 heterocycles. The van der Waals surface area contributed by atoms with Crippen molar-refractivity contribution >= 4 is 22.7 Å². The Balaban J connectivity index is 1.04. The van der Waals surface area contributed by atoms with Crippen LogP contribution in [0.2, 0.25) is 0 Å². The lowest BCUT2D eigenvalue weighted by atomic mass is 9.76. The maximum Gasteiger partial charge on any atom is 0.416 e. The Morgan fingerprint density at radius 1 is 0.784 bits per heavy atom. The predicted octanol–water partition coefficient (Wildman–Crippen LogP) is 8.19. The Labute approximate surface area is 294 Å². The number of hydrogen-bond acceptors (Lipinski definition) is 4. The summed E-state index contributed by atoms with van der Waals surface area (Å²) in [6, 6.07) is 28.9. The number of Topliss-reactive ketones (excluding diaryl/α,β-unsaturated/α-hetero) is 1. The number of carbonyl (C=O) groups is 2. The van der Waals surface area contributed by atoms with E-state index < -0.39 is 17.2 Å². The molecule has 2 saturated heterocycles. The van der Waals surface area contributed by atoms with E-state index in [0.717, 1.165) is 34.3 Å². The molecule has 0 bridgehead atoms. The number of nitrogens with zero attached hydrogens (tertiary/aromatic N) is 4. The van der Waals surface area contributed by atoms with Crippen LogP contribution >= 0.6 is 0 Å². The largest absolute Gasteiger partial charge is 0.416 e. The summed E-state index contributed by atoms with van der Waals surface area (Å²) in [4.78, 5) is 37.1. The van der Waals surface area contributed by atoms with Crippen LogP contribution in [0.5, 0.6) is 0 Å². The molecule has 0 spiro atoms. The summed E-state index contributed by atoms with van der Waals surface area (Å²) in [5.41, 5.74) is 2.78. The minimum Gasteiger partial charge on any atom is -0.338 e. The van der Waals surface area contributed by atoms with E-state index >= 15 is 0 Å². The summed E-state index contributed by atoms with van der Waals surface area (Å²) in [5.74, 6) is -0.0830. The summed E-state index contributed by atoms with van der Waals surface area (Å²) in [5, 5.41) is 0. The number of carbonyl (C=O) groups excluding carboxylic acids is 2. The van der Waals surface area contributed by atoms with Gasteiger partial charge < -0.3 is 14.4 Å². The Morgan fingerprint density at radius 2 is 1.43 bits per heavy atom. The number of alkyl halides is 3. The maximum atomic E-state index is 14.1. The molecule has 10 heteroatoms. The van der Waals surface area contributed by atoms with E-state index in [-0.39, 0.29) is 23.4 Å². The molecule has 6 nitrogen and oxygen atoms in total. The Morgan fingerprint density at radius 3 is 2.14 bits per heavy atom. The van der Waals surface area contributed by atoms with E-state index in [9.17, 15) is 27.2 Å². The lowest BCUT2D eigenvalue weighted by Crippen LogP contribution is -2.42. The van der Waals surface area contributed by atoms with Crippen LogP contribution in [0.3, 0.4) is 0 Å². The van der Waals surface area contributed by atoms with E-state index in [4.69, 9.17) is 4.98 Å². The molecule has 0 aliphatic carbocycles. The summed E-state index contributed by atoms with van der Waals surface area (Å²) in [6.07, 6.45) is -1.55. The van der Waals surface area contributed by atoms with Crippen molar-refractivity contribution in [2.75, 3.05) is 26.2 Å². The SMILES string of the molecule is O=C(c1nc2ccccc2n1Cc1ccc(F)cc1)C1CCN(CCC2(Cc3ccc(C(F)(F)F)cc3)CCN(Cc3ccccc3)C2=O)CC1. The van der Waals surface area contributed by atoms with Gasteiger partial charge in [-0.1, -0.05) is 66.7 Å². The molecule has 1 unspecified atom stereocenters. The molecule has 0 radical (unpaired) electrons. The van der Waals surface area contributed by atoms with Crippen molar-refractivity contribution in [1.29, 1.82) is 0 Å². The van der Waals surface area contributed by atoms with Gasteiger partial charge in [0.2, 0.25) is 11.7 Å². The quantitative estimate of drug-likeness (QED) is 0.103. The second kappa shape index (κ2) is 14.4. The van der Waals surface area contributed by atoms with Gasteiger partial charge in [-0.25, -0.2) is 9.37 Å². The molecule has 7 rings (SSSR count). The van der Waals surface area contributed by atoms with Crippen molar-refractivity contribution in [3.8, 4) is 0 Å². The minimum atomic E-state index is -4.42. The first-order valence-corrected chi connectivity index (χ1v) is 17.5. The molecule has 264 valence electrons. The lowest BCUT2D eigenvalue weighted by molar-refractivity contribution is -0.138. The van der Waals surface area contributed by atoms with Gasteiger partial charge in [-0.3, -0.25) is 9.59 Å². The van der Waals surface area contributed by atoms with Gasteiger partial charge in [-0.05, 0) is 105 Å². The lowest BCUT2D eigenvalue weighted by Gasteiger charge is -2.35. The Bertz CT molecular complexity index is 1980. The van der Waals surface area contributed by atoms with Gasteiger partial charge in [-0.2, -0.15) is 13.2 Å². The third-order valence-electron chi connectivity index (χ3n) is 10.6.